The van der Waals surface area contributed by atoms with E-state index in [4.69, 9.17) is 0 Å². The lowest BCUT2D eigenvalue weighted by atomic mass is 10.1. The van der Waals surface area contributed by atoms with Crippen molar-refractivity contribution in [1.29, 1.82) is 0 Å². The first-order valence-corrected chi connectivity index (χ1v) is 8.96. The maximum Gasteiger partial charge on any atom is 0.257 e. The Morgan fingerprint density at radius 3 is 2.88 bits per heavy atom. The number of rotatable bonds is 3. The van der Waals surface area contributed by atoms with Crippen LogP contribution in [0, 0.1) is 0 Å². The van der Waals surface area contributed by atoms with E-state index in [1.165, 1.54) is 11.8 Å². The lowest BCUT2D eigenvalue weighted by Crippen LogP contribution is -2.28. The number of carbonyl (C=O) groups excluding carboxylic acids is 1. The zero-order valence-corrected chi connectivity index (χ0v) is 14.9. The van der Waals surface area contributed by atoms with Gasteiger partial charge in [0.2, 0.25) is 17.0 Å². The van der Waals surface area contributed by atoms with Crippen molar-refractivity contribution in [3.63, 3.8) is 0 Å². The fourth-order valence-electron chi connectivity index (χ4n) is 3.28. The van der Waals surface area contributed by atoms with Gasteiger partial charge in [-0.05, 0) is 30.5 Å². The number of nitrogens with one attached hydrogen (secondary N) is 1. The highest BCUT2D eigenvalue weighted by molar-refractivity contribution is 7.98. The molecule has 126 valence electrons. The van der Waals surface area contributed by atoms with Crippen LogP contribution in [0.25, 0.3) is 21.8 Å². The first-order valence-electron chi connectivity index (χ1n) is 7.74. The van der Waals surface area contributed by atoms with Gasteiger partial charge < -0.3 is 10.1 Å². The molecule has 2 N–H and O–H groups in total. The number of thioether (sulfide) groups is 1. The van der Waals surface area contributed by atoms with Gasteiger partial charge >= 0.3 is 0 Å². The number of aromatic amines is 1. The van der Waals surface area contributed by atoms with Crippen LogP contribution in [0.5, 0.6) is 5.75 Å². The third-order valence-corrected chi connectivity index (χ3v) is 5.22. The third-order valence-electron chi connectivity index (χ3n) is 4.35. The Labute approximate surface area is 148 Å². The first kappa shape index (κ1) is 15.7. The van der Waals surface area contributed by atoms with Gasteiger partial charge in [-0.1, -0.05) is 11.8 Å². The maximum absolute atomic E-state index is 13.2. The van der Waals surface area contributed by atoms with Crippen molar-refractivity contribution in [2.75, 3.05) is 6.26 Å². The number of fused-ring (bicyclic) bond motifs is 3. The van der Waals surface area contributed by atoms with Crippen LogP contribution >= 0.6 is 11.8 Å². The van der Waals surface area contributed by atoms with E-state index in [2.05, 4.69) is 9.97 Å². The number of hydrogen-bond acceptors (Lipinski definition) is 4. The number of aryl methyl sites for hydroxylation is 2. The molecule has 4 aromatic rings. The number of nitrogens with zero attached hydrogens (tertiary/aromatic N) is 3. The summed E-state index contributed by atoms with van der Waals surface area (Å²) in [4.78, 5) is 20.9. The number of ketones is 1. The number of hydrogen-bond donors (Lipinski definition) is 2. The highest BCUT2D eigenvalue weighted by atomic mass is 32.2. The molecule has 0 fully saturated rings. The minimum Gasteiger partial charge on any atom is -0.508 e. The molecule has 3 aromatic heterocycles. The molecular formula is C18H17N4O2S+. The SMILES string of the molecule is CSc1c(C(=O)c2nccc3c2[nH]c2ccc(O)cc23)n(C)c[n+]1C. The van der Waals surface area contributed by atoms with Crippen molar-refractivity contribution in [3.05, 3.63) is 48.2 Å². The van der Waals surface area contributed by atoms with Gasteiger partial charge in [-0.15, -0.1) is 0 Å². The van der Waals surface area contributed by atoms with Gasteiger partial charge in [0.05, 0.1) is 19.6 Å². The van der Waals surface area contributed by atoms with Crippen LogP contribution in [0.2, 0.25) is 0 Å². The maximum atomic E-state index is 13.2. The Morgan fingerprint density at radius 1 is 1.32 bits per heavy atom. The zero-order chi connectivity index (χ0) is 17.7. The molecule has 0 radical (unpaired) electrons. The molecule has 0 aliphatic heterocycles. The second-order valence-corrected chi connectivity index (χ2v) is 6.76. The summed E-state index contributed by atoms with van der Waals surface area (Å²) in [5.41, 5.74) is 2.53. The van der Waals surface area contributed by atoms with Crippen LogP contribution in [-0.4, -0.2) is 31.7 Å². The second kappa shape index (κ2) is 5.63. The Hall–Kier alpha value is -2.80. The van der Waals surface area contributed by atoms with Crippen LogP contribution < -0.4 is 4.57 Å². The summed E-state index contributed by atoms with van der Waals surface area (Å²) >= 11 is 1.53. The molecule has 0 aliphatic rings. The minimum atomic E-state index is -0.131. The van der Waals surface area contributed by atoms with Crippen molar-refractivity contribution in [3.8, 4) is 5.75 Å². The number of phenolic OH excluding ortho intramolecular Hbond substituents is 1. The number of imidazole rings is 1. The van der Waals surface area contributed by atoms with E-state index in [1.807, 2.05) is 41.9 Å². The van der Waals surface area contributed by atoms with Crippen molar-refractivity contribution in [2.45, 2.75) is 5.03 Å². The average molecular weight is 353 g/mol. The summed E-state index contributed by atoms with van der Waals surface area (Å²) in [7, 11) is 3.78. The van der Waals surface area contributed by atoms with E-state index in [-0.39, 0.29) is 11.5 Å². The molecular weight excluding hydrogens is 336 g/mol. The fraction of sp³-hybridized carbons (Fsp3) is 0.167. The van der Waals surface area contributed by atoms with Crippen molar-refractivity contribution >= 4 is 39.4 Å². The smallest absolute Gasteiger partial charge is 0.257 e. The van der Waals surface area contributed by atoms with Crippen molar-refractivity contribution in [2.24, 2.45) is 14.1 Å². The van der Waals surface area contributed by atoms with E-state index >= 15 is 0 Å². The van der Waals surface area contributed by atoms with E-state index in [0.717, 1.165) is 21.3 Å². The summed E-state index contributed by atoms with van der Waals surface area (Å²) in [5.74, 6) is 0.0612. The number of pyridine rings is 1. The molecule has 0 atom stereocenters. The molecule has 0 unspecified atom stereocenters. The van der Waals surface area contributed by atoms with Crippen LogP contribution in [0.3, 0.4) is 0 Å². The van der Waals surface area contributed by atoms with Gasteiger partial charge in [0.25, 0.3) is 5.78 Å². The molecule has 0 spiro atoms. The summed E-state index contributed by atoms with van der Waals surface area (Å²) in [6.45, 7) is 0. The van der Waals surface area contributed by atoms with E-state index in [1.54, 1.807) is 24.4 Å². The highest BCUT2D eigenvalue weighted by Gasteiger charge is 2.29. The molecule has 7 heteroatoms. The van der Waals surface area contributed by atoms with Gasteiger partial charge in [-0.2, -0.15) is 0 Å². The highest BCUT2D eigenvalue weighted by Crippen LogP contribution is 2.30. The molecule has 0 saturated heterocycles. The Balaban J connectivity index is 1.99. The van der Waals surface area contributed by atoms with Crippen LogP contribution in [0.15, 0.2) is 41.8 Å². The van der Waals surface area contributed by atoms with E-state index in [9.17, 15) is 9.90 Å². The molecule has 4 rings (SSSR count). The van der Waals surface area contributed by atoms with E-state index in [0.29, 0.717) is 16.9 Å². The van der Waals surface area contributed by atoms with E-state index < -0.39 is 0 Å². The fourth-order valence-corrected chi connectivity index (χ4v) is 4.05. The van der Waals surface area contributed by atoms with Crippen LogP contribution in [0.1, 0.15) is 16.2 Å². The molecule has 3 heterocycles. The van der Waals surface area contributed by atoms with Gasteiger partial charge in [0.1, 0.15) is 11.4 Å². The quantitative estimate of drug-likeness (QED) is 0.337. The number of H-pyrrole nitrogens is 1. The lowest BCUT2D eigenvalue weighted by molar-refractivity contribution is -0.707. The van der Waals surface area contributed by atoms with Gasteiger partial charge in [-0.25, -0.2) is 9.13 Å². The number of phenols is 1. The molecule has 0 bridgehead atoms. The summed E-state index contributed by atoms with van der Waals surface area (Å²) in [5, 5.41) is 12.4. The summed E-state index contributed by atoms with van der Waals surface area (Å²) in [6, 6.07) is 6.97. The second-order valence-electron chi connectivity index (χ2n) is 5.96. The normalized spacial score (nSPS) is 11.5. The van der Waals surface area contributed by atoms with Crippen molar-refractivity contribution in [1.82, 2.24) is 14.5 Å². The lowest BCUT2D eigenvalue weighted by Gasteiger charge is -2.01. The van der Waals surface area contributed by atoms with Gasteiger partial charge in [-0.3, -0.25) is 9.78 Å². The molecule has 1 aromatic carbocycles. The predicted octanol–water partition coefficient (Wildman–Crippen LogP) is 2.54. The first-order chi connectivity index (χ1) is 12.0. The van der Waals surface area contributed by atoms with Gasteiger partial charge in [0.15, 0.2) is 0 Å². The number of carbonyl (C=O) groups is 1. The largest absolute Gasteiger partial charge is 0.508 e. The monoisotopic (exact) mass is 353 g/mol. The molecule has 6 nitrogen and oxygen atoms in total. The molecule has 0 amide bonds. The van der Waals surface area contributed by atoms with Gasteiger partial charge in [0, 0.05) is 22.5 Å². The number of aromatic hydroxyl groups is 1. The average Bonchev–Trinajstić information content (AvgIpc) is 3.10. The molecule has 25 heavy (non-hydrogen) atoms. The Morgan fingerprint density at radius 2 is 2.12 bits per heavy atom. The Bertz CT molecular complexity index is 1140. The summed E-state index contributed by atoms with van der Waals surface area (Å²) < 4.78 is 3.75. The van der Waals surface area contributed by atoms with Crippen LogP contribution in [0.4, 0.5) is 0 Å². The van der Waals surface area contributed by atoms with Crippen molar-refractivity contribution < 1.29 is 14.5 Å². The zero-order valence-electron chi connectivity index (χ0n) is 14.1. The Kier molecular flexibility index (Phi) is 3.54. The van der Waals surface area contributed by atoms with Crippen LogP contribution in [-0.2, 0) is 14.1 Å². The third kappa shape index (κ3) is 2.31. The predicted molar refractivity (Wildman–Crippen MR) is 97.1 cm³/mol. The summed E-state index contributed by atoms with van der Waals surface area (Å²) in [6.07, 6.45) is 5.46. The molecule has 0 saturated carbocycles. The molecule has 0 aliphatic carbocycles. The number of aromatic nitrogens is 4. The minimum absolute atomic E-state index is 0.131. The standard InChI is InChI=1S/C18H16N4O2S/c1-21-9-22(2)18(25-3)16(21)17(24)15-14-11(6-7-19-15)12-8-10(23)4-5-13(12)20-14/h4-9H,1-3H3,(H-,19,20,23,24)/p+1. The topological polar surface area (TPSA) is 74.8 Å². The number of benzene rings is 1.